The fraction of sp³-hybridized carbons (Fsp3) is 0. The Hall–Kier alpha value is -4.63. The molecule has 8 nitrogen and oxygen atoms in total. The van der Waals surface area contributed by atoms with E-state index in [-0.39, 0.29) is 16.4 Å². The van der Waals surface area contributed by atoms with Gasteiger partial charge in [0.25, 0.3) is 5.56 Å². The Bertz CT molecular complexity index is 1890. The number of benzene rings is 3. The minimum Gasteiger partial charge on any atom is -0.304 e. The Morgan fingerprint density at radius 2 is 1.74 bits per heavy atom. The number of para-hydroxylation sites is 1. The van der Waals surface area contributed by atoms with Gasteiger partial charge in [0.1, 0.15) is 11.3 Å². The summed E-state index contributed by atoms with van der Waals surface area (Å²) in [6.45, 7) is 0. The highest BCUT2D eigenvalue weighted by Crippen LogP contribution is 2.28. The standard InChI is InChI=1S/C25H14ClFN6O2/c26-17-11-14(9-10-18(17)27)22-23(33-20-8-4-3-7-19(20)30-31-33)24(34)32(25(35)29-22)21-13-28-12-15-5-1-2-6-16(15)21/h1-13H,(H,29,35). The van der Waals surface area contributed by atoms with Crippen molar-refractivity contribution in [1.82, 2.24) is 29.5 Å². The summed E-state index contributed by atoms with van der Waals surface area (Å²) in [4.78, 5) is 34.4. The molecule has 0 spiro atoms. The predicted molar refractivity (Wildman–Crippen MR) is 131 cm³/mol. The van der Waals surface area contributed by atoms with Gasteiger partial charge in [-0.25, -0.2) is 18.4 Å². The molecule has 0 aliphatic heterocycles. The SMILES string of the molecule is O=c1[nH]c(-c2ccc(F)c(Cl)c2)c(-n2nnc3ccccc32)c(=O)n1-c1cncc2ccccc12. The van der Waals surface area contributed by atoms with Crippen LogP contribution in [0.1, 0.15) is 0 Å². The Balaban J connectivity index is 1.75. The molecule has 35 heavy (non-hydrogen) atoms. The van der Waals surface area contributed by atoms with Crippen molar-refractivity contribution in [3.8, 4) is 22.6 Å². The van der Waals surface area contributed by atoms with Crippen molar-refractivity contribution < 1.29 is 4.39 Å². The fourth-order valence-electron chi connectivity index (χ4n) is 4.12. The number of nitrogens with one attached hydrogen (secondary N) is 1. The van der Waals surface area contributed by atoms with Crippen LogP contribution < -0.4 is 11.2 Å². The van der Waals surface area contributed by atoms with E-state index in [2.05, 4.69) is 20.3 Å². The van der Waals surface area contributed by atoms with Crippen molar-refractivity contribution in [2.24, 2.45) is 0 Å². The van der Waals surface area contributed by atoms with Gasteiger partial charge in [0.15, 0.2) is 5.69 Å². The molecule has 0 fully saturated rings. The van der Waals surface area contributed by atoms with E-state index in [0.717, 1.165) is 9.95 Å². The van der Waals surface area contributed by atoms with E-state index < -0.39 is 17.1 Å². The number of aromatic nitrogens is 6. The summed E-state index contributed by atoms with van der Waals surface area (Å²) in [5, 5.41) is 9.62. The van der Waals surface area contributed by atoms with Gasteiger partial charge in [0.2, 0.25) is 0 Å². The third-order valence-corrected chi connectivity index (χ3v) is 6.03. The summed E-state index contributed by atoms with van der Waals surface area (Å²) in [6.07, 6.45) is 3.11. The molecular weight excluding hydrogens is 471 g/mol. The van der Waals surface area contributed by atoms with Crippen molar-refractivity contribution in [3.05, 3.63) is 111 Å². The van der Waals surface area contributed by atoms with E-state index in [9.17, 15) is 14.0 Å². The van der Waals surface area contributed by atoms with Gasteiger partial charge in [-0.1, -0.05) is 53.2 Å². The summed E-state index contributed by atoms with van der Waals surface area (Å²) in [5.74, 6) is -0.624. The number of rotatable bonds is 3. The summed E-state index contributed by atoms with van der Waals surface area (Å²) in [7, 11) is 0. The first-order valence-corrected chi connectivity index (χ1v) is 10.9. The van der Waals surface area contributed by atoms with E-state index >= 15 is 0 Å². The summed E-state index contributed by atoms with van der Waals surface area (Å²) in [6, 6.07) is 18.3. The number of pyridine rings is 1. The van der Waals surface area contributed by atoms with Crippen LogP contribution >= 0.6 is 11.6 Å². The zero-order valence-corrected chi connectivity index (χ0v) is 18.6. The number of H-pyrrole nitrogens is 1. The molecule has 0 saturated heterocycles. The third kappa shape index (κ3) is 3.32. The zero-order chi connectivity index (χ0) is 24.1. The molecule has 0 bridgehead atoms. The molecule has 0 saturated carbocycles. The van der Waals surface area contributed by atoms with Crippen molar-refractivity contribution >= 4 is 33.4 Å². The normalized spacial score (nSPS) is 11.4. The molecule has 0 amide bonds. The minimum atomic E-state index is -0.697. The molecule has 6 rings (SSSR count). The molecule has 0 atom stereocenters. The third-order valence-electron chi connectivity index (χ3n) is 5.74. The first kappa shape index (κ1) is 20.9. The molecule has 1 N–H and O–H groups in total. The number of halogens is 2. The van der Waals surface area contributed by atoms with Gasteiger partial charge in [-0.3, -0.25) is 9.78 Å². The van der Waals surface area contributed by atoms with Crippen LogP contribution in [0, 0.1) is 5.82 Å². The average molecular weight is 485 g/mol. The molecule has 6 aromatic rings. The minimum absolute atomic E-state index is 0.0221. The van der Waals surface area contributed by atoms with Gasteiger partial charge in [0.05, 0.1) is 28.1 Å². The van der Waals surface area contributed by atoms with E-state index in [1.807, 2.05) is 18.2 Å². The van der Waals surface area contributed by atoms with Crippen LogP contribution in [0.3, 0.4) is 0 Å². The second kappa shape index (κ2) is 8.00. The highest BCUT2D eigenvalue weighted by Gasteiger charge is 2.22. The van der Waals surface area contributed by atoms with Crippen molar-refractivity contribution in [2.75, 3.05) is 0 Å². The Morgan fingerprint density at radius 3 is 2.60 bits per heavy atom. The van der Waals surface area contributed by atoms with Gasteiger partial charge < -0.3 is 4.98 Å². The molecule has 0 unspecified atom stereocenters. The lowest BCUT2D eigenvalue weighted by Crippen LogP contribution is -2.37. The van der Waals surface area contributed by atoms with Crippen LogP contribution in [-0.4, -0.2) is 29.5 Å². The van der Waals surface area contributed by atoms with E-state index in [4.69, 9.17) is 11.6 Å². The highest BCUT2D eigenvalue weighted by atomic mass is 35.5. The quantitative estimate of drug-likeness (QED) is 0.404. The lowest BCUT2D eigenvalue weighted by Gasteiger charge is -2.14. The molecule has 170 valence electrons. The fourth-order valence-corrected chi connectivity index (χ4v) is 4.30. The molecule has 0 radical (unpaired) electrons. The lowest BCUT2D eigenvalue weighted by atomic mass is 10.1. The maximum absolute atomic E-state index is 14.0. The van der Waals surface area contributed by atoms with E-state index in [1.165, 1.54) is 29.1 Å². The topological polar surface area (TPSA) is 98.5 Å². The molecule has 0 aliphatic carbocycles. The van der Waals surface area contributed by atoms with Crippen LogP contribution in [0.15, 0.2) is 88.7 Å². The molecule has 0 aliphatic rings. The van der Waals surface area contributed by atoms with Crippen LogP contribution in [-0.2, 0) is 0 Å². The molecular formula is C25H14ClFN6O2. The Morgan fingerprint density at radius 1 is 0.943 bits per heavy atom. The van der Waals surface area contributed by atoms with Gasteiger partial charge in [-0.2, -0.15) is 0 Å². The first-order chi connectivity index (χ1) is 17.0. The summed E-state index contributed by atoms with van der Waals surface area (Å²) in [5.41, 5.74) is 0.547. The van der Waals surface area contributed by atoms with Gasteiger partial charge in [-0.15, -0.1) is 5.10 Å². The Kier molecular flexibility index (Phi) is 4.78. The predicted octanol–water partition coefficient (Wildman–Crippen LogP) is 4.27. The molecule has 3 heterocycles. The summed E-state index contributed by atoms with van der Waals surface area (Å²) < 4.78 is 16.3. The maximum atomic E-state index is 14.0. The number of hydrogen-bond acceptors (Lipinski definition) is 5. The smallest absolute Gasteiger partial charge is 0.304 e. The maximum Gasteiger partial charge on any atom is 0.333 e. The number of hydrogen-bond donors (Lipinski definition) is 1. The number of aromatic amines is 1. The molecule has 3 aromatic carbocycles. The van der Waals surface area contributed by atoms with Crippen LogP contribution in [0.25, 0.3) is 44.4 Å². The van der Waals surface area contributed by atoms with Crippen LogP contribution in [0.5, 0.6) is 0 Å². The highest BCUT2D eigenvalue weighted by molar-refractivity contribution is 6.31. The van der Waals surface area contributed by atoms with Crippen molar-refractivity contribution in [1.29, 1.82) is 0 Å². The molecule has 10 heteroatoms. The van der Waals surface area contributed by atoms with E-state index in [1.54, 1.807) is 36.5 Å². The van der Waals surface area contributed by atoms with Crippen LogP contribution in [0.4, 0.5) is 4.39 Å². The molecule has 3 aromatic heterocycles. The summed E-state index contributed by atoms with van der Waals surface area (Å²) >= 11 is 6.01. The monoisotopic (exact) mass is 484 g/mol. The van der Waals surface area contributed by atoms with Gasteiger partial charge in [0, 0.05) is 22.5 Å². The number of nitrogens with zero attached hydrogens (tertiary/aromatic N) is 5. The average Bonchev–Trinajstić information content (AvgIpc) is 3.29. The second-order valence-electron chi connectivity index (χ2n) is 7.79. The number of fused-ring (bicyclic) bond motifs is 2. The van der Waals surface area contributed by atoms with Gasteiger partial charge in [-0.05, 0) is 30.3 Å². The van der Waals surface area contributed by atoms with Crippen molar-refractivity contribution in [3.63, 3.8) is 0 Å². The van der Waals surface area contributed by atoms with Crippen molar-refractivity contribution in [2.45, 2.75) is 0 Å². The second-order valence-corrected chi connectivity index (χ2v) is 8.20. The largest absolute Gasteiger partial charge is 0.333 e. The zero-order valence-electron chi connectivity index (χ0n) is 17.8. The first-order valence-electron chi connectivity index (χ1n) is 10.5. The van der Waals surface area contributed by atoms with Crippen LogP contribution in [0.2, 0.25) is 5.02 Å². The lowest BCUT2D eigenvalue weighted by molar-refractivity contribution is 0.628. The Labute approximate surface area is 200 Å². The van der Waals surface area contributed by atoms with Gasteiger partial charge >= 0.3 is 5.69 Å². The van der Waals surface area contributed by atoms with E-state index in [0.29, 0.717) is 27.7 Å².